The molecule has 1 atom stereocenters. The molecule has 1 aromatic heterocycles. The van der Waals surface area contributed by atoms with Gasteiger partial charge in [0.1, 0.15) is 5.82 Å². The molecule has 0 aliphatic rings. The summed E-state index contributed by atoms with van der Waals surface area (Å²) in [5.74, 6) is -0.519. The van der Waals surface area contributed by atoms with E-state index >= 15 is 0 Å². The van der Waals surface area contributed by atoms with Gasteiger partial charge in [-0.05, 0) is 37.3 Å². The highest BCUT2D eigenvalue weighted by molar-refractivity contribution is 7.89. The van der Waals surface area contributed by atoms with Crippen molar-refractivity contribution in [3.05, 3.63) is 50.9 Å². The van der Waals surface area contributed by atoms with Gasteiger partial charge >= 0.3 is 0 Å². The van der Waals surface area contributed by atoms with Crippen molar-refractivity contribution in [2.24, 2.45) is 5.73 Å². The molecular formula is C13H14ClFN2O2S2. The summed E-state index contributed by atoms with van der Waals surface area (Å²) in [5.41, 5.74) is 5.55. The molecule has 21 heavy (non-hydrogen) atoms. The maximum atomic E-state index is 13.4. The van der Waals surface area contributed by atoms with E-state index in [9.17, 15) is 12.8 Å². The lowest BCUT2D eigenvalue weighted by atomic mass is 10.2. The second-order valence-electron chi connectivity index (χ2n) is 4.44. The summed E-state index contributed by atoms with van der Waals surface area (Å²) in [6.45, 7) is 1.65. The number of benzene rings is 1. The zero-order valence-corrected chi connectivity index (χ0v) is 13.5. The Bertz CT molecular complexity index is 746. The van der Waals surface area contributed by atoms with Gasteiger partial charge < -0.3 is 5.73 Å². The van der Waals surface area contributed by atoms with Crippen LogP contribution in [0.3, 0.4) is 0 Å². The summed E-state index contributed by atoms with van der Waals surface area (Å²) in [7, 11) is -3.76. The lowest BCUT2D eigenvalue weighted by molar-refractivity contribution is 0.567. The molecule has 2 aromatic rings. The van der Waals surface area contributed by atoms with Gasteiger partial charge in [-0.3, -0.25) is 0 Å². The molecule has 2 rings (SSSR count). The van der Waals surface area contributed by atoms with Crippen LogP contribution in [0.25, 0.3) is 0 Å². The fourth-order valence-corrected chi connectivity index (χ4v) is 4.21. The molecule has 0 radical (unpaired) electrons. The first kappa shape index (κ1) is 16.4. The van der Waals surface area contributed by atoms with Gasteiger partial charge in [0.15, 0.2) is 0 Å². The molecular weight excluding hydrogens is 335 g/mol. The highest BCUT2D eigenvalue weighted by atomic mass is 35.5. The monoisotopic (exact) mass is 348 g/mol. The minimum atomic E-state index is -3.76. The number of hydrogen-bond acceptors (Lipinski definition) is 4. The first-order chi connectivity index (χ1) is 9.83. The molecule has 0 saturated heterocycles. The van der Waals surface area contributed by atoms with Gasteiger partial charge in [-0.1, -0.05) is 11.6 Å². The van der Waals surface area contributed by atoms with Gasteiger partial charge in [0.2, 0.25) is 10.0 Å². The molecule has 0 aliphatic carbocycles. The summed E-state index contributed by atoms with van der Waals surface area (Å²) in [6.07, 6.45) is 0. The van der Waals surface area contributed by atoms with Gasteiger partial charge in [0, 0.05) is 17.0 Å². The molecule has 0 amide bonds. The second kappa shape index (κ2) is 6.41. The Labute approximate surface area is 131 Å². The third kappa shape index (κ3) is 3.81. The predicted octanol–water partition coefficient (Wildman–Crippen LogP) is 3.04. The molecule has 1 heterocycles. The lowest BCUT2D eigenvalue weighted by Crippen LogP contribution is -2.26. The van der Waals surface area contributed by atoms with Crippen molar-refractivity contribution in [1.82, 2.24) is 4.72 Å². The fourth-order valence-electron chi connectivity index (χ4n) is 1.79. The standard InChI is InChI=1S/C13H14ClFN2O2S2/c1-8(12-4-5-13(14)20-12)17-21(18,19)10-2-3-11(15)9(6-10)7-16/h2-6,8,17H,7,16H2,1H3. The van der Waals surface area contributed by atoms with Crippen molar-refractivity contribution >= 4 is 33.0 Å². The molecule has 4 nitrogen and oxygen atoms in total. The zero-order valence-electron chi connectivity index (χ0n) is 11.1. The number of hydrogen-bond donors (Lipinski definition) is 2. The van der Waals surface area contributed by atoms with E-state index in [0.717, 1.165) is 10.9 Å². The molecule has 0 bridgehead atoms. The van der Waals surface area contributed by atoms with Crippen molar-refractivity contribution in [2.45, 2.75) is 24.4 Å². The maximum absolute atomic E-state index is 13.4. The first-order valence-electron chi connectivity index (χ1n) is 6.09. The molecule has 1 unspecified atom stereocenters. The van der Waals surface area contributed by atoms with E-state index in [4.69, 9.17) is 17.3 Å². The summed E-state index contributed by atoms with van der Waals surface area (Å²) in [6, 6.07) is 6.59. The Morgan fingerprint density at radius 2 is 2.10 bits per heavy atom. The number of nitrogens with one attached hydrogen (secondary N) is 1. The van der Waals surface area contributed by atoms with Crippen molar-refractivity contribution in [3.63, 3.8) is 0 Å². The van der Waals surface area contributed by atoms with Crippen LogP contribution in [0.4, 0.5) is 4.39 Å². The third-order valence-electron chi connectivity index (χ3n) is 2.90. The first-order valence-corrected chi connectivity index (χ1v) is 8.77. The predicted molar refractivity (Wildman–Crippen MR) is 82.4 cm³/mol. The Balaban J connectivity index is 2.26. The molecule has 0 saturated carbocycles. The summed E-state index contributed by atoms with van der Waals surface area (Å²) in [4.78, 5) is 0.781. The average Bonchev–Trinajstić information content (AvgIpc) is 2.85. The Morgan fingerprint density at radius 3 is 2.67 bits per heavy atom. The molecule has 114 valence electrons. The molecule has 3 N–H and O–H groups in total. The van der Waals surface area contributed by atoms with Crippen molar-refractivity contribution in [3.8, 4) is 0 Å². The van der Waals surface area contributed by atoms with Gasteiger partial charge in [-0.15, -0.1) is 11.3 Å². The van der Waals surface area contributed by atoms with Crippen LogP contribution in [0.5, 0.6) is 0 Å². The summed E-state index contributed by atoms with van der Waals surface area (Å²) >= 11 is 7.14. The smallest absolute Gasteiger partial charge is 0.241 e. The number of halogens is 2. The van der Waals surface area contributed by atoms with Crippen molar-refractivity contribution in [1.29, 1.82) is 0 Å². The van der Waals surface area contributed by atoms with Crippen molar-refractivity contribution < 1.29 is 12.8 Å². The van der Waals surface area contributed by atoms with Crippen LogP contribution in [-0.4, -0.2) is 8.42 Å². The van der Waals surface area contributed by atoms with Gasteiger partial charge in [0.25, 0.3) is 0 Å². The number of thiophene rings is 1. The van der Waals surface area contributed by atoms with E-state index in [1.807, 2.05) is 0 Å². The molecule has 8 heteroatoms. The van der Waals surface area contributed by atoms with E-state index in [-0.39, 0.29) is 17.0 Å². The van der Waals surface area contributed by atoms with E-state index in [2.05, 4.69) is 4.72 Å². The largest absolute Gasteiger partial charge is 0.326 e. The minimum absolute atomic E-state index is 0.0150. The average molecular weight is 349 g/mol. The summed E-state index contributed by atoms with van der Waals surface area (Å²) in [5, 5.41) is 0. The van der Waals surface area contributed by atoms with Crippen LogP contribution in [0.15, 0.2) is 35.2 Å². The summed E-state index contributed by atoms with van der Waals surface area (Å²) < 4.78 is 41.1. The molecule has 0 aliphatic heterocycles. The zero-order chi connectivity index (χ0) is 15.6. The topological polar surface area (TPSA) is 72.2 Å². The van der Waals surface area contributed by atoms with E-state index in [1.165, 1.54) is 23.5 Å². The van der Waals surface area contributed by atoms with Gasteiger partial charge in [0.05, 0.1) is 15.3 Å². The Kier molecular flexibility index (Phi) is 5.00. The molecule has 1 aromatic carbocycles. The van der Waals surface area contributed by atoms with Crippen LogP contribution >= 0.6 is 22.9 Å². The Hall–Kier alpha value is -0.990. The maximum Gasteiger partial charge on any atom is 0.241 e. The van der Waals surface area contributed by atoms with Crippen LogP contribution in [-0.2, 0) is 16.6 Å². The Morgan fingerprint density at radius 1 is 1.38 bits per heavy atom. The normalized spacial score (nSPS) is 13.3. The van der Waals surface area contributed by atoms with Crippen molar-refractivity contribution in [2.75, 3.05) is 0 Å². The van der Waals surface area contributed by atoms with Crippen LogP contribution in [0.2, 0.25) is 4.34 Å². The molecule has 0 spiro atoms. The number of nitrogens with two attached hydrogens (primary N) is 1. The quantitative estimate of drug-likeness (QED) is 0.872. The van der Waals surface area contributed by atoms with E-state index < -0.39 is 21.9 Å². The van der Waals surface area contributed by atoms with Crippen LogP contribution in [0.1, 0.15) is 23.4 Å². The lowest BCUT2D eigenvalue weighted by Gasteiger charge is -2.13. The SMILES string of the molecule is CC(NS(=O)(=O)c1ccc(F)c(CN)c1)c1ccc(Cl)s1. The van der Waals surface area contributed by atoms with E-state index in [0.29, 0.717) is 4.34 Å². The van der Waals surface area contributed by atoms with E-state index in [1.54, 1.807) is 19.1 Å². The molecule has 0 fully saturated rings. The van der Waals surface area contributed by atoms with Gasteiger partial charge in [-0.2, -0.15) is 0 Å². The second-order valence-corrected chi connectivity index (χ2v) is 7.90. The van der Waals surface area contributed by atoms with Gasteiger partial charge in [-0.25, -0.2) is 17.5 Å². The van der Waals surface area contributed by atoms with Crippen LogP contribution in [0, 0.1) is 5.82 Å². The van der Waals surface area contributed by atoms with Crippen LogP contribution < -0.4 is 10.5 Å². The highest BCUT2D eigenvalue weighted by Crippen LogP contribution is 2.28. The highest BCUT2D eigenvalue weighted by Gasteiger charge is 2.20. The minimum Gasteiger partial charge on any atom is -0.326 e. The number of sulfonamides is 1. The fraction of sp³-hybridized carbons (Fsp3) is 0.231. The third-order valence-corrected chi connectivity index (χ3v) is 5.85. The number of rotatable bonds is 5.